The summed E-state index contributed by atoms with van der Waals surface area (Å²) >= 11 is 0. The number of anilines is 1. The summed E-state index contributed by atoms with van der Waals surface area (Å²) in [7, 11) is -3.86. The van der Waals surface area contributed by atoms with Crippen molar-refractivity contribution >= 4 is 21.6 Å². The average Bonchev–Trinajstić information content (AvgIpc) is 2.61. The van der Waals surface area contributed by atoms with Gasteiger partial charge in [-0.15, -0.1) is 0 Å². The number of nitrogens with one attached hydrogen (secondary N) is 1. The quantitative estimate of drug-likeness (QED) is 0.808. The molecule has 0 unspecified atom stereocenters. The van der Waals surface area contributed by atoms with E-state index in [0.29, 0.717) is 12.2 Å². The molecule has 2 rings (SSSR count). The molecule has 140 valence electrons. The summed E-state index contributed by atoms with van der Waals surface area (Å²) in [4.78, 5) is 12.5. The molecule has 0 spiro atoms. The Hall–Kier alpha value is -2.34. The highest BCUT2D eigenvalue weighted by atomic mass is 32.2. The second-order valence-corrected chi connectivity index (χ2v) is 8.26. The highest BCUT2D eigenvalue weighted by Gasteiger charge is 2.28. The fourth-order valence-electron chi connectivity index (χ4n) is 2.59. The molecule has 1 amide bonds. The summed E-state index contributed by atoms with van der Waals surface area (Å²) in [5, 5.41) is 2.75. The number of carbonyl (C=O) groups excluding carboxylic acids is 1. The summed E-state index contributed by atoms with van der Waals surface area (Å²) in [6.45, 7) is 7.91. The number of carbonyl (C=O) groups is 1. The smallest absolute Gasteiger partial charge is 0.264 e. The van der Waals surface area contributed by atoms with E-state index in [1.807, 2.05) is 33.8 Å². The van der Waals surface area contributed by atoms with Gasteiger partial charge in [0.2, 0.25) is 5.91 Å². The Morgan fingerprint density at radius 2 is 1.69 bits per heavy atom. The lowest BCUT2D eigenvalue weighted by Gasteiger charge is -2.26. The van der Waals surface area contributed by atoms with Crippen molar-refractivity contribution in [3.8, 4) is 0 Å². The molecule has 26 heavy (non-hydrogen) atoms. The lowest BCUT2D eigenvalue weighted by Crippen LogP contribution is -2.41. The number of hydrogen-bond donors (Lipinski definition) is 1. The number of amides is 1. The van der Waals surface area contributed by atoms with Gasteiger partial charge in [0, 0.05) is 6.54 Å². The number of sulfonamides is 1. The van der Waals surface area contributed by atoms with Crippen molar-refractivity contribution in [1.82, 2.24) is 5.32 Å². The Labute approximate surface area is 156 Å². The van der Waals surface area contributed by atoms with Crippen LogP contribution in [0, 0.1) is 20.8 Å². The number of rotatable bonds is 7. The van der Waals surface area contributed by atoms with E-state index in [4.69, 9.17) is 0 Å². The first-order valence-corrected chi connectivity index (χ1v) is 10.1. The van der Waals surface area contributed by atoms with Gasteiger partial charge in [0.25, 0.3) is 10.0 Å². The fourth-order valence-corrected chi connectivity index (χ4v) is 4.07. The lowest BCUT2D eigenvalue weighted by atomic mass is 10.1. The topological polar surface area (TPSA) is 66.5 Å². The van der Waals surface area contributed by atoms with Crippen LogP contribution < -0.4 is 9.62 Å². The maximum Gasteiger partial charge on any atom is 0.264 e. The standard InChI is InChI=1S/C20H26N2O3S/c1-5-13-21-20(23)14-22(19-8-6-7-16(3)17(19)4)26(24,25)18-11-9-15(2)10-12-18/h6-12H,5,13-14H2,1-4H3,(H,21,23). The Bertz CT molecular complexity index is 874. The first kappa shape index (κ1) is 20.0. The monoisotopic (exact) mass is 374 g/mol. The maximum atomic E-state index is 13.3. The van der Waals surface area contributed by atoms with E-state index in [-0.39, 0.29) is 17.3 Å². The minimum Gasteiger partial charge on any atom is -0.355 e. The Balaban J connectivity index is 2.50. The molecule has 0 aromatic heterocycles. The lowest BCUT2D eigenvalue weighted by molar-refractivity contribution is -0.119. The van der Waals surface area contributed by atoms with Gasteiger partial charge in [-0.3, -0.25) is 9.10 Å². The molecule has 0 atom stereocenters. The summed E-state index contributed by atoms with van der Waals surface area (Å²) in [6, 6.07) is 12.1. The third-order valence-corrected chi connectivity index (χ3v) is 6.09. The first-order valence-electron chi connectivity index (χ1n) is 8.69. The van der Waals surface area contributed by atoms with Gasteiger partial charge in [-0.25, -0.2) is 8.42 Å². The molecule has 0 fully saturated rings. The minimum atomic E-state index is -3.86. The van der Waals surface area contributed by atoms with Crippen LogP contribution in [-0.2, 0) is 14.8 Å². The van der Waals surface area contributed by atoms with Gasteiger partial charge in [-0.1, -0.05) is 36.8 Å². The second kappa shape index (κ2) is 8.36. The highest BCUT2D eigenvalue weighted by molar-refractivity contribution is 7.92. The van der Waals surface area contributed by atoms with E-state index >= 15 is 0 Å². The zero-order valence-electron chi connectivity index (χ0n) is 15.7. The van der Waals surface area contributed by atoms with Crippen LogP contribution in [0.25, 0.3) is 0 Å². The van der Waals surface area contributed by atoms with Crippen molar-refractivity contribution in [1.29, 1.82) is 0 Å². The highest BCUT2D eigenvalue weighted by Crippen LogP contribution is 2.28. The molecule has 0 radical (unpaired) electrons. The van der Waals surface area contributed by atoms with Gasteiger partial charge in [0.1, 0.15) is 6.54 Å². The van der Waals surface area contributed by atoms with E-state index in [1.54, 1.807) is 36.4 Å². The zero-order chi connectivity index (χ0) is 19.3. The Morgan fingerprint density at radius 1 is 1.04 bits per heavy atom. The van der Waals surface area contributed by atoms with Crippen LogP contribution in [0.4, 0.5) is 5.69 Å². The summed E-state index contributed by atoms with van der Waals surface area (Å²) in [5.41, 5.74) is 3.31. The van der Waals surface area contributed by atoms with Gasteiger partial charge in [0.15, 0.2) is 0 Å². The van der Waals surface area contributed by atoms with Crippen LogP contribution in [0.5, 0.6) is 0 Å². The summed E-state index contributed by atoms with van der Waals surface area (Å²) in [6.07, 6.45) is 0.792. The van der Waals surface area contributed by atoms with Crippen molar-refractivity contribution < 1.29 is 13.2 Å². The van der Waals surface area contributed by atoms with Gasteiger partial charge in [0.05, 0.1) is 10.6 Å². The average molecular weight is 375 g/mol. The van der Waals surface area contributed by atoms with E-state index in [9.17, 15) is 13.2 Å². The molecule has 0 saturated heterocycles. The largest absolute Gasteiger partial charge is 0.355 e. The van der Waals surface area contributed by atoms with Crippen LogP contribution in [0.15, 0.2) is 47.4 Å². The number of hydrogen-bond acceptors (Lipinski definition) is 3. The zero-order valence-corrected chi connectivity index (χ0v) is 16.6. The van der Waals surface area contributed by atoms with E-state index in [2.05, 4.69) is 5.32 Å². The molecule has 0 saturated carbocycles. The molecule has 2 aromatic rings. The van der Waals surface area contributed by atoms with Crippen molar-refractivity contribution in [3.63, 3.8) is 0 Å². The Kier molecular flexibility index (Phi) is 6.42. The van der Waals surface area contributed by atoms with Gasteiger partial charge >= 0.3 is 0 Å². The third kappa shape index (κ3) is 4.43. The summed E-state index contributed by atoms with van der Waals surface area (Å²) in [5.74, 6) is -0.316. The van der Waals surface area contributed by atoms with Crippen LogP contribution in [0.2, 0.25) is 0 Å². The normalized spacial score (nSPS) is 11.2. The first-order chi connectivity index (χ1) is 12.3. The van der Waals surface area contributed by atoms with Gasteiger partial charge in [-0.05, 0) is 56.5 Å². The molecule has 5 nitrogen and oxygen atoms in total. The van der Waals surface area contributed by atoms with Crippen molar-refractivity contribution in [2.75, 3.05) is 17.4 Å². The number of nitrogens with zero attached hydrogens (tertiary/aromatic N) is 1. The molecule has 0 bridgehead atoms. The Morgan fingerprint density at radius 3 is 2.31 bits per heavy atom. The summed E-state index contributed by atoms with van der Waals surface area (Å²) < 4.78 is 27.7. The fraction of sp³-hybridized carbons (Fsp3) is 0.350. The molecule has 0 aliphatic carbocycles. The third-order valence-electron chi connectivity index (χ3n) is 4.31. The SMILES string of the molecule is CCCNC(=O)CN(c1cccc(C)c1C)S(=O)(=O)c1ccc(C)cc1. The number of aryl methyl sites for hydroxylation is 2. The molecule has 1 N–H and O–H groups in total. The van der Waals surface area contributed by atoms with E-state index in [0.717, 1.165) is 23.1 Å². The minimum absolute atomic E-state index is 0.173. The van der Waals surface area contributed by atoms with Gasteiger partial charge < -0.3 is 5.32 Å². The van der Waals surface area contributed by atoms with Crippen LogP contribution in [0.3, 0.4) is 0 Å². The van der Waals surface area contributed by atoms with Gasteiger partial charge in [-0.2, -0.15) is 0 Å². The van der Waals surface area contributed by atoms with E-state index < -0.39 is 10.0 Å². The molecule has 2 aromatic carbocycles. The van der Waals surface area contributed by atoms with Crippen LogP contribution in [-0.4, -0.2) is 27.4 Å². The van der Waals surface area contributed by atoms with Crippen molar-refractivity contribution in [2.45, 2.75) is 39.0 Å². The maximum absolute atomic E-state index is 13.3. The van der Waals surface area contributed by atoms with E-state index in [1.165, 1.54) is 4.31 Å². The molecule has 0 aliphatic rings. The molecular weight excluding hydrogens is 348 g/mol. The van der Waals surface area contributed by atoms with Crippen LogP contribution >= 0.6 is 0 Å². The number of benzene rings is 2. The van der Waals surface area contributed by atoms with Crippen molar-refractivity contribution in [2.24, 2.45) is 0 Å². The molecule has 6 heteroatoms. The molecule has 0 heterocycles. The second-order valence-electron chi connectivity index (χ2n) is 6.39. The predicted octanol–water partition coefficient (Wildman–Crippen LogP) is 3.33. The molecular formula is C20H26N2O3S. The molecule has 0 aliphatic heterocycles. The van der Waals surface area contributed by atoms with Crippen molar-refractivity contribution in [3.05, 3.63) is 59.2 Å². The van der Waals surface area contributed by atoms with Crippen LogP contribution in [0.1, 0.15) is 30.0 Å². The predicted molar refractivity (Wildman–Crippen MR) is 105 cm³/mol.